The molecule has 0 aliphatic heterocycles. The van der Waals surface area contributed by atoms with Crippen LogP contribution in [0, 0.1) is 0 Å². The van der Waals surface area contributed by atoms with Crippen LogP contribution in [0.4, 0.5) is 0 Å². The van der Waals surface area contributed by atoms with Gasteiger partial charge in [0.1, 0.15) is 0 Å². The molecule has 0 aliphatic carbocycles. The van der Waals surface area contributed by atoms with Crippen LogP contribution in [0.25, 0.3) is 0 Å². The summed E-state index contributed by atoms with van der Waals surface area (Å²) in [5, 5.41) is 0. The second-order valence-electron chi connectivity index (χ2n) is 7.46. The molecule has 0 amide bonds. The van der Waals surface area contributed by atoms with E-state index in [0.29, 0.717) is 0 Å². The number of hydrogen-bond acceptors (Lipinski definition) is 0. The Morgan fingerprint density at radius 1 is 0.348 bits per heavy atom. The first-order valence-corrected chi connectivity index (χ1v) is 11.6. The normalized spacial score (nSPS) is 11.0. The van der Waals surface area contributed by atoms with Crippen LogP contribution in [-0.2, 0) is 16.5 Å². The third-order valence-corrected chi connectivity index (χ3v) is 10.7. The Hall–Kier alpha value is 2.31. The third kappa shape index (κ3) is 17.5. The summed E-state index contributed by atoms with van der Waals surface area (Å²) in [5.41, 5.74) is 5.39. The quantitative estimate of drug-likeness (QED) is 0.354. The van der Waals surface area contributed by atoms with Crippen molar-refractivity contribution in [2.24, 2.45) is 0 Å². The summed E-state index contributed by atoms with van der Waals surface area (Å²) in [6.07, 6.45) is 0. The SMILES string of the molecule is CC(C)P(C(C)C)C(C)C.CC(C)P(C(C)C)C(C)C.[Br-].[Br-].[Ni+2]. The van der Waals surface area contributed by atoms with E-state index in [9.17, 15) is 0 Å². The zero-order valence-electron chi connectivity index (χ0n) is 17.4. The molecule has 5 heteroatoms. The zero-order valence-corrected chi connectivity index (χ0v) is 23.4. The number of rotatable bonds is 6. The van der Waals surface area contributed by atoms with Gasteiger partial charge in [-0.2, -0.15) is 0 Å². The fraction of sp³-hybridized carbons (Fsp3) is 1.00. The summed E-state index contributed by atoms with van der Waals surface area (Å²) in [4.78, 5) is 0. The number of hydrogen-bond donors (Lipinski definition) is 0. The van der Waals surface area contributed by atoms with Crippen molar-refractivity contribution >= 4 is 15.8 Å². The summed E-state index contributed by atoms with van der Waals surface area (Å²) < 4.78 is 0. The van der Waals surface area contributed by atoms with Gasteiger partial charge in [-0.15, -0.1) is 0 Å². The van der Waals surface area contributed by atoms with Crippen LogP contribution < -0.4 is 34.0 Å². The average Bonchev–Trinajstić information content (AvgIpc) is 2.12. The van der Waals surface area contributed by atoms with Crippen molar-refractivity contribution < 1.29 is 50.5 Å². The molecular weight excluding hydrogens is 497 g/mol. The number of halogens is 2. The predicted octanol–water partition coefficient (Wildman–Crippen LogP) is 1.39. The molecule has 148 valence electrons. The molecule has 0 aromatic carbocycles. The Kier molecular flexibility index (Phi) is 30.1. The van der Waals surface area contributed by atoms with Gasteiger partial charge in [0.05, 0.1) is 0 Å². The van der Waals surface area contributed by atoms with Gasteiger partial charge in [0, 0.05) is 0 Å². The fourth-order valence-corrected chi connectivity index (χ4v) is 10.7. The molecule has 0 bridgehead atoms. The standard InChI is InChI=1S/2C9H21P.2BrH.Ni/c2*1-7(2)10(8(3)4)9(5)6;;;/h2*7-9H,1-6H3;2*1H;/q;;;;+2/p-2. The van der Waals surface area contributed by atoms with E-state index < -0.39 is 0 Å². The van der Waals surface area contributed by atoms with Crippen LogP contribution in [0.5, 0.6) is 0 Å². The van der Waals surface area contributed by atoms with Crippen molar-refractivity contribution in [1.29, 1.82) is 0 Å². The Balaban J connectivity index is -0.0000000831. The second kappa shape index (κ2) is 19.1. The van der Waals surface area contributed by atoms with E-state index >= 15 is 0 Å². The van der Waals surface area contributed by atoms with Crippen LogP contribution in [0.15, 0.2) is 0 Å². The van der Waals surface area contributed by atoms with Gasteiger partial charge in [-0.25, -0.2) is 0 Å². The largest absolute Gasteiger partial charge is 2.00 e. The Labute approximate surface area is 182 Å². The molecule has 0 spiro atoms. The van der Waals surface area contributed by atoms with Crippen LogP contribution >= 0.6 is 15.8 Å². The molecule has 0 unspecified atom stereocenters. The first-order valence-electron chi connectivity index (χ1n) is 8.48. The van der Waals surface area contributed by atoms with Crippen molar-refractivity contribution in [3.63, 3.8) is 0 Å². The van der Waals surface area contributed by atoms with Crippen LogP contribution in [0.1, 0.15) is 83.1 Å². The van der Waals surface area contributed by atoms with Crippen molar-refractivity contribution in [3.8, 4) is 0 Å². The van der Waals surface area contributed by atoms with Crippen molar-refractivity contribution in [3.05, 3.63) is 0 Å². The van der Waals surface area contributed by atoms with Gasteiger partial charge < -0.3 is 34.0 Å². The second-order valence-corrected chi connectivity index (χ2v) is 15.4. The molecule has 0 aromatic rings. The van der Waals surface area contributed by atoms with E-state index in [-0.39, 0.29) is 66.3 Å². The van der Waals surface area contributed by atoms with Crippen LogP contribution in [0.2, 0.25) is 0 Å². The first kappa shape index (κ1) is 36.3. The van der Waals surface area contributed by atoms with E-state index in [0.717, 1.165) is 34.0 Å². The van der Waals surface area contributed by atoms with Crippen molar-refractivity contribution in [2.75, 3.05) is 0 Å². The summed E-state index contributed by atoms with van der Waals surface area (Å²) in [6, 6.07) is 0. The average molecular weight is 539 g/mol. The minimum absolute atomic E-state index is 0. The van der Waals surface area contributed by atoms with E-state index in [2.05, 4.69) is 83.1 Å². The van der Waals surface area contributed by atoms with Crippen LogP contribution in [0.3, 0.4) is 0 Å². The van der Waals surface area contributed by atoms with E-state index in [1.54, 1.807) is 0 Å². The fourth-order valence-electron chi connectivity index (χ4n) is 3.58. The Morgan fingerprint density at radius 3 is 0.435 bits per heavy atom. The molecule has 0 radical (unpaired) electrons. The van der Waals surface area contributed by atoms with Crippen LogP contribution in [-0.4, -0.2) is 34.0 Å². The maximum atomic E-state index is 2.35. The molecule has 0 heterocycles. The third-order valence-electron chi connectivity index (χ3n) is 3.58. The summed E-state index contributed by atoms with van der Waals surface area (Å²) in [7, 11) is 0.525. The minimum Gasteiger partial charge on any atom is -1.00 e. The molecule has 0 rings (SSSR count). The van der Waals surface area contributed by atoms with Gasteiger partial charge in [-0.3, -0.25) is 0 Å². The van der Waals surface area contributed by atoms with Gasteiger partial charge in [-0.1, -0.05) is 98.9 Å². The molecule has 0 fully saturated rings. The van der Waals surface area contributed by atoms with Crippen molar-refractivity contribution in [2.45, 2.75) is 117 Å². The monoisotopic (exact) mass is 536 g/mol. The molecule has 23 heavy (non-hydrogen) atoms. The van der Waals surface area contributed by atoms with Crippen molar-refractivity contribution in [1.82, 2.24) is 0 Å². The van der Waals surface area contributed by atoms with E-state index in [4.69, 9.17) is 0 Å². The van der Waals surface area contributed by atoms with Gasteiger partial charge >= 0.3 is 16.5 Å². The topological polar surface area (TPSA) is 0 Å². The van der Waals surface area contributed by atoms with Gasteiger partial charge in [0.15, 0.2) is 0 Å². The molecular formula is C18H42Br2NiP2. The summed E-state index contributed by atoms with van der Waals surface area (Å²) in [6.45, 7) is 28.2. The molecule has 0 nitrogen and oxygen atoms in total. The maximum Gasteiger partial charge on any atom is 2.00 e. The predicted molar refractivity (Wildman–Crippen MR) is 105 cm³/mol. The van der Waals surface area contributed by atoms with E-state index in [1.807, 2.05) is 0 Å². The van der Waals surface area contributed by atoms with Gasteiger partial charge in [0.25, 0.3) is 0 Å². The summed E-state index contributed by atoms with van der Waals surface area (Å²) >= 11 is 0. The zero-order chi connectivity index (χ0) is 16.6. The van der Waals surface area contributed by atoms with Gasteiger partial charge in [0.2, 0.25) is 0 Å². The Bertz CT molecular complexity index is 171. The molecule has 0 saturated carbocycles. The molecule has 0 atom stereocenters. The Morgan fingerprint density at radius 2 is 0.435 bits per heavy atom. The molecule has 0 aliphatic rings. The maximum absolute atomic E-state index is 2.35. The molecule has 0 saturated heterocycles. The van der Waals surface area contributed by atoms with Gasteiger partial charge in [-0.05, 0) is 34.0 Å². The minimum atomic E-state index is 0. The van der Waals surface area contributed by atoms with E-state index in [1.165, 1.54) is 0 Å². The smallest absolute Gasteiger partial charge is 1.00 e. The summed E-state index contributed by atoms with van der Waals surface area (Å²) in [5.74, 6) is 0. The first-order chi connectivity index (χ1) is 8.93. The molecule has 0 N–H and O–H groups in total. The molecule has 0 aromatic heterocycles.